The Bertz CT molecular complexity index is 2220. The van der Waals surface area contributed by atoms with Gasteiger partial charge in [-0.15, -0.1) is 0 Å². The third-order valence-corrected chi connectivity index (χ3v) is 7.92. The van der Waals surface area contributed by atoms with Crippen LogP contribution in [0.4, 0.5) is 0 Å². The number of aryl methyl sites for hydroxylation is 2. The number of fused-ring (bicyclic) bond motifs is 9. The van der Waals surface area contributed by atoms with Gasteiger partial charge in [0.2, 0.25) is 0 Å². The molecule has 0 N–H and O–H groups in total. The highest BCUT2D eigenvalue weighted by molar-refractivity contribution is 6.24. The summed E-state index contributed by atoms with van der Waals surface area (Å²) in [5, 5.41) is 8.44. The van der Waals surface area contributed by atoms with Gasteiger partial charge in [0.05, 0.1) is 11.2 Å². The van der Waals surface area contributed by atoms with Crippen molar-refractivity contribution < 1.29 is 4.42 Å². The summed E-state index contributed by atoms with van der Waals surface area (Å²) in [4.78, 5) is 5.26. The first kappa shape index (κ1) is 22.1. The number of pyridine rings is 1. The maximum atomic E-state index is 6.42. The van der Waals surface area contributed by atoms with Crippen LogP contribution >= 0.6 is 0 Å². The summed E-state index contributed by atoms with van der Waals surface area (Å²) in [7, 11) is 0. The molecule has 0 bridgehead atoms. The van der Waals surface area contributed by atoms with Crippen LogP contribution in [-0.4, -0.2) is 4.98 Å². The van der Waals surface area contributed by atoms with Gasteiger partial charge in [-0.3, -0.25) is 0 Å². The average Bonchev–Trinajstić information content (AvgIpc) is 3.34. The second-order valence-electron chi connectivity index (χ2n) is 10.6. The predicted octanol–water partition coefficient (Wildman–Crippen LogP) is 10.4. The van der Waals surface area contributed by atoms with E-state index in [1.165, 1.54) is 43.4 Å². The van der Waals surface area contributed by atoms with Crippen molar-refractivity contribution in [2.45, 2.75) is 13.8 Å². The minimum atomic E-state index is 0.925. The van der Waals surface area contributed by atoms with E-state index in [0.29, 0.717) is 0 Å². The van der Waals surface area contributed by atoms with Gasteiger partial charge >= 0.3 is 0 Å². The van der Waals surface area contributed by atoms with Crippen molar-refractivity contribution in [2.75, 3.05) is 0 Å². The van der Waals surface area contributed by atoms with Crippen molar-refractivity contribution in [3.8, 4) is 22.4 Å². The van der Waals surface area contributed by atoms with Crippen molar-refractivity contribution in [3.05, 3.63) is 126 Å². The number of hydrogen-bond acceptors (Lipinski definition) is 2. The molecule has 39 heavy (non-hydrogen) atoms. The van der Waals surface area contributed by atoms with Gasteiger partial charge in [-0.1, -0.05) is 78.4 Å². The van der Waals surface area contributed by atoms with Gasteiger partial charge in [0.15, 0.2) is 0 Å². The number of hydrogen-bond donors (Lipinski definition) is 0. The Balaban J connectivity index is 1.34. The van der Waals surface area contributed by atoms with E-state index in [4.69, 9.17) is 9.40 Å². The molecule has 8 rings (SSSR count). The number of benzene rings is 6. The Labute approximate surface area is 226 Å². The normalized spacial score (nSPS) is 11.8. The largest absolute Gasteiger partial charge is 0.455 e. The highest BCUT2D eigenvalue weighted by Crippen LogP contribution is 2.39. The lowest BCUT2D eigenvalue weighted by Gasteiger charge is -2.12. The summed E-state index contributed by atoms with van der Waals surface area (Å²) in [5.74, 6) is 0. The molecule has 6 aromatic carbocycles. The summed E-state index contributed by atoms with van der Waals surface area (Å²) in [6.45, 7) is 4.28. The maximum absolute atomic E-state index is 6.42. The molecule has 0 saturated heterocycles. The van der Waals surface area contributed by atoms with Gasteiger partial charge in [-0.05, 0) is 83.6 Å². The lowest BCUT2D eigenvalue weighted by atomic mass is 9.95. The highest BCUT2D eigenvalue weighted by atomic mass is 16.3. The molecule has 2 heteroatoms. The molecule has 2 aromatic heterocycles. The van der Waals surface area contributed by atoms with E-state index in [2.05, 4.69) is 129 Å². The van der Waals surface area contributed by atoms with Gasteiger partial charge in [0.1, 0.15) is 11.2 Å². The van der Waals surface area contributed by atoms with Gasteiger partial charge in [-0.25, -0.2) is 4.98 Å². The molecule has 0 saturated carbocycles. The van der Waals surface area contributed by atoms with Crippen molar-refractivity contribution in [2.24, 2.45) is 0 Å². The van der Waals surface area contributed by atoms with Crippen LogP contribution < -0.4 is 0 Å². The lowest BCUT2D eigenvalue weighted by Crippen LogP contribution is -1.90. The summed E-state index contributed by atoms with van der Waals surface area (Å²) in [5.41, 5.74) is 9.64. The first-order chi connectivity index (χ1) is 19.1. The number of rotatable bonds is 2. The second-order valence-corrected chi connectivity index (χ2v) is 10.6. The molecule has 0 aliphatic heterocycles. The van der Waals surface area contributed by atoms with E-state index >= 15 is 0 Å². The Hall–Kier alpha value is -4.95. The molecule has 2 nitrogen and oxygen atoms in total. The van der Waals surface area contributed by atoms with Gasteiger partial charge in [0.25, 0.3) is 0 Å². The van der Waals surface area contributed by atoms with E-state index in [1.807, 2.05) is 0 Å². The molecule has 8 aromatic rings. The summed E-state index contributed by atoms with van der Waals surface area (Å²) >= 11 is 0. The maximum Gasteiger partial charge on any atom is 0.143 e. The lowest BCUT2D eigenvalue weighted by molar-refractivity contribution is 0.670. The van der Waals surface area contributed by atoms with Crippen LogP contribution in [0, 0.1) is 13.8 Å². The number of furan rings is 1. The molecule has 0 amide bonds. The SMILES string of the molecule is Cc1ccc2oc3c(-c4cccc(-c5ccc6c7ccccc7c7ccccc7c6n5)c4)cc(C)cc3c2c1. The Morgan fingerprint density at radius 3 is 1.95 bits per heavy atom. The van der Waals surface area contributed by atoms with Crippen LogP contribution in [0.3, 0.4) is 0 Å². The minimum absolute atomic E-state index is 0.925. The predicted molar refractivity (Wildman–Crippen MR) is 164 cm³/mol. The Morgan fingerprint density at radius 2 is 1.15 bits per heavy atom. The standard InChI is InChI=1S/C37H25NO/c1-22-14-17-35-32(18-22)33-20-23(2)19-31(37(33)39-35)24-8-7-9-25(21-24)34-16-15-30-28-12-4-3-10-26(28)27-11-5-6-13-29(27)36(30)38-34/h3-21H,1-2H3. The van der Waals surface area contributed by atoms with Crippen LogP contribution in [-0.2, 0) is 0 Å². The minimum Gasteiger partial charge on any atom is -0.455 e. The van der Waals surface area contributed by atoms with Crippen LogP contribution in [0.5, 0.6) is 0 Å². The molecule has 0 aliphatic rings. The zero-order valence-electron chi connectivity index (χ0n) is 21.8. The molecule has 184 valence electrons. The van der Waals surface area contributed by atoms with Crippen molar-refractivity contribution in [1.82, 2.24) is 4.98 Å². The molecule has 0 unspecified atom stereocenters. The fraction of sp³-hybridized carbons (Fsp3) is 0.0541. The number of aromatic nitrogens is 1. The van der Waals surface area contributed by atoms with Gasteiger partial charge in [-0.2, -0.15) is 0 Å². The number of nitrogens with zero attached hydrogens (tertiary/aromatic N) is 1. The van der Waals surface area contributed by atoms with E-state index in [1.54, 1.807) is 0 Å². The molecular formula is C37H25NO. The van der Waals surface area contributed by atoms with Gasteiger partial charge in [0, 0.05) is 32.7 Å². The van der Waals surface area contributed by atoms with E-state index in [-0.39, 0.29) is 0 Å². The molecule has 0 spiro atoms. The molecular weight excluding hydrogens is 474 g/mol. The van der Waals surface area contributed by atoms with E-state index < -0.39 is 0 Å². The molecule has 0 aliphatic carbocycles. The van der Waals surface area contributed by atoms with E-state index in [0.717, 1.165) is 44.5 Å². The van der Waals surface area contributed by atoms with Gasteiger partial charge < -0.3 is 4.42 Å². The smallest absolute Gasteiger partial charge is 0.143 e. The zero-order valence-corrected chi connectivity index (χ0v) is 21.8. The molecule has 0 radical (unpaired) electrons. The van der Waals surface area contributed by atoms with Crippen LogP contribution in [0.15, 0.2) is 120 Å². The van der Waals surface area contributed by atoms with Crippen LogP contribution in [0.2, 0.25) is 0 Å². The summed E-state index contributed by atoms with van der Waals surface area (Å²) in [6.07, 6.45) is 0. The zero-order chi connectivity index (χ0) is 26.1. The van der Waals surface area contributed by atoms with Crippen molar-refractivity contribution in [1.29, 1.82) is 0 Å². The third-order valence-electron chi connectivity index (χ3n) is 7.92. The fourth-order valence-corrected chi connectivity index (χ4v) is 6.12. The Morgan fingerprint density at radius 1 is 0.487 bits per heavy atom. The first-order valence-electron chi connectivity index (χ1n) is 13.4. The highest BCUT2D eigenvalue weighted by Gasteiger charge is 2.15. The van der Waals surface area contributed by atoms with Crippen LogP contribution in [0.25, 0.3) is 76.8 Å². The van der Waals surface area contributed by atoms with E-state index in [9.17, 15) is 0 Å². The molecule has 0 atom stereocenters. The average molecular weight is 500 g/mol. The second kappa shape index (κ2) is 8.28. The van der Waals surface area contributed by atoms with Crippen molar-refractivity contribution >= 4 is 54.4 Å². The van der Waals surface area contributed by atoms with Crippen LogP contribution in [0.1, 0.15) is 11.1 Å². The molecule has 0 fully saturated rings. The summed E-state index contributed by atoms with van der Waals surface area (Å²) < 4.78 is 6.42. The first-order valence-corrected chi connectivity index (χ1v) is 13.4. The molecule has 2 heterocycles. The Kier molecular flexibility index (Phi) is 4.68. The summed E-state index contributed by atoms with van der Waals surface area (Å²) in [6, 6.07) is 41.1. The monoisotopic (exact) mass is 499 g/mol. The fourth-order valence-electron chi connectivity index (χ4n) is 6.12. The third kappa shape index (κ3) is 3.38. The topological polar surface area (TPSA) is 26.0 Å². The quantitative estimate of drug-likeness (QED) is 0.221. The van der Waals surface area contributed by atoms with Crippen molar-refractivity contribution in [3.63, 3.8) is 0 Å².